The number of hydrogen-bond acceptors (Lipinski definition) is 1. The van der Waals surface area contributed by atoms with Gasteiger partial charge in [-0.2, -0.15) is 0 Å². The van der Waals surface area contributed by atoms with Crippen LogP contribution < -0.4 is 0 Å². The molecule has 0 spiro atoms. The Morgan fingerprint density at radius 3 is 2.57 bits per heavy atom. The molecule has 0 N–H and O–H groups in total. The lowest BCUT2D eigenvalue weighted by atomic mass is 9.77. The molecule has 1 nitrogen and oxygen atoms in total. The van der Waals surface area contributed by atoms with Crippen LogP contribution in [-0.2, 0) is 4.79 Å². The molecule has 0 heterocycles. The maximum atomic E-state index is 11.7. The van der Waals surface area contributed by atoms with E-state index in [1.165, 1.54) is 38.5 Å². The molecule has 2 saturated carbocycles. The predicted octanol–water partition coefficient (Wildman–Crippen LogP) is 3.57. The van der Waals surface area contributed by atoms with Crippen LogP contribution in [0.3, 0.4) is 0 Å². The fourth-order valence-electron chi connectivity index (χ4n) is 2.70. The van der Waals surface area contributed by atoms with E-state index < -0.39 is 0 Å². The van der Waals surface area contributed by atoms with Crippen LogP contribution in [0.2, 0.25) is 0 Å². The van der Waals surface area contributed by atoms with E-state index in [9.17, 15) is 4.79 Å². The van der Waals surface area contributed by atoms with E-state index in [0.717, 1.165) is 24.7 Å². The normalized spacial score (nSPS) is 33.4. The molecule has 80 valence electrons. The smallest absolute Gasteiger partial charge is 0.135 e. The third-order valence-corrected chi connectivity index (χ3v) is 4.07. The fourth-order valence-corrected chi connectivity index (χ4v) is 2.70. The van der Waals surface area contributed by atoms with Crippen LogP contribution in [0.25, 0.3) is 0 Å². The van der Waals surface area contributed by atoms with Crippen molar-refractivity contribution in [3.05, 3.63) is 0 Å². The second-order valence-corrected chi connectivity index (χ2v) is 5.23. The largest absolute Gasteiger partial charge is 0.299 e. The summed E-state index contributed by atoms with van der Waals surface area (Å²) in [4.78, 5) is 11.7. The molecule has 2 rings (SSSR count). The van der Waals surface area contributed by atoms with Crippen LogP contribution in [0.1, 0.15) is 58.3 Å². The van der Waals surface area contributed by atoms with Gasteiger partial charge >= 0.3 is 0 Å². The molecule has 0 aromatic carbocycles. The Balaban J connectivity index is 1.77. The highest BCUT2D eigenvalue weighted by Gasteiger charge is 2.29. The fraction of sp³-hybridized carbons (Fsp3) is 0.923. The van der Waals surface area contributed by atoms with Crippen molar-refractivity contribution in [2.45, 2.75) is 58.3 Å². The zero-order valence-corrected chi connectivity index (χ0v) is 9.30. The Hall–Kier alpha value is -0.330. The molecular formula is C13H22O. The molecule has 2 unspecified atom stereocenters. The molecule has 0 aromatic rings. The maximum Gasteiger partial charge on any atom is 0.135 e. The van der Waals surface area contributed by atoms with Gasteiger partial charge in [0, 0.05) is 12.3 Å². The van der Waals surface area contributed by atoms with E-state index in [-0.39, 0.29) is 0 Å². The number of ketones is 1. The highest BCUT2D eigenvalue weighted by Crippen LogP contribution is 2.38. The van der Waals surface area contributed by atoms with Crippen molar-refractivity contribution < 1.29 is 4.79 Å². The van der Waals surface area contributed by atoms with E-state index in [2.05, 4.69) is 6.92 Å². The molecule has 0 amide bonds. The van der Waals surface area contributed by atoms with Crippen LogP contribution in [0.5, 0.6) is 0 Å². The molecule has 0 aliphatic heterocycles. The Kier molecular flexibility index (Phi) is 3.25. The second-order valence-electron chi connectivity index (χ2n) is 5.23. The van der Waals surface area contributed by atoms with Gasteiger partial charge in [-0.15, -0.1) is 0 Å². The van der Waals surface area contributed by atoms with Crippen LogP contribution in [-0.4, -0.2) is 5.78 Å². The summed E-state index contributed by atoms with van der Waals surface area (Å²) < 4.78 is 0. The third kappa shape index (κ3) is 2.59. The summed E-state index contributed by atoms with van der Waals surface area (Å²) in [5.41, 5.74) is 0. The van der Waals surface area contributed by atoms with E-state index >= 15 is 0 Å². The topological polar surface area (TPSA) is 17.1 Å². The second kappa shape index (κ2) is 4.46. The molecule has 14 heavy (non-hydrogen) atoms. The zero-order chi connectivity index (χ0) is 9.97. The molecule has 0 aromatic heterocycles. The van der Waals surface area contributed by atoms with E-state index in [1.807, 2.05) is 0 Å². The van der Waals surface area contributed by atoms with E-state index in [4.69, 9.17) is 0 Å². The van der Waals surface area contributed by atoms with Crippen LogP contribution in [0.4, 0.5) is 0 Å². The molecule has 2 aliphatic rings. The van der Waals surface area contributed by atoms with Gasteiger partial charge in [-0.1, -0.05) is 26.2 Å². The Bertz CT molecular complexity index is 205. The van der Waals surface area contributed by atoms with Gasteiger partial charge in [0.15, 0.2) is 0 Å². The van der Waals surface area contributed by atoms with Crippen molar-refractivity contribution in [2.24, 2.45) is 17.8 Å². The summed E-state index contributed by atoms with van der Waals surface area (Å²) in [5, 5.41) is 0. The highest BCUT2D eigenvalue weighted by molar-refractivity contribution is 5.81. The van der Waals surface area contributed by atoms with Gasteiger partial charge in [0.2, 0.25) is 0 Å². The average molecular weight is 194 g/mol. The van der Waals surface area contributed by atoms with Crippen molar-refractivity contribution >= 4 is 5.78 Å². The molecular weight excluding hydrogens is 172 g/mol. The van der Waals surface area contributed by atoms with Crippen LogP contribution >= 0.6 is 0 Å². The first-order chi connectivity index (χ1) is 6.79. The van der Waals surface area contributed by atoms with Gasteiger partial charge in [0.25, 0.3) is 0 Å². The zero-order valence-electron chi connectivity index (χ0n) is 9.30. The summed E-state index contributed by atoms with van der Waals surface area (Å²) in [5.74, 6) is 2.84. The molecule has 2 atom stereocenters. The van der Waals surface area contributed by atoms with Gasteiger partial charge in [-0.3, -0.25) is 4.79 Å². The van der Waals surface area contributed by atoms with Crippen molar-refractivity contribution in [2.75, 3.05) is 0 Å². The summed E-state index contributed by atoms with van der Waals surface area (Å²) in [6.45, 7) is 2.26. The number of Topliss-reactive ketones (excluding diaryl/α,β-unsaturated/α-hetero) is 1. The van der Waals surface area contributed by atoms with E-state index in [0.29, 0.717) is 11.7 Å². The summed E-state index contributed by atoms with van der Waals surface area (Å²) in [6, 6.07) is 0. The predicted molar refractivity (Wildman–Crippen MR) is 58.1 cm³/mol. The monoisotopic (exact) mass is 194 g/mol. The number of carbonyl (C=O) groups excluding carboxylic acids is 1. The van der Waals surface area contributed by atoms with Gasteiger partial charge in [0.1, 0.15) is 5.78 Å². The first-order valence-electron chi connectivity index (χ1n) is 6.32. The quantitative estimate of drug-likeness (QED) is 0.668. The molecule has 1 heteroatoms. The summed E-state index contributed by atoms with van der Waals surface area (Å²) >= 11 is 0. The third-order valence-electron chi connectivity index (χ3n) is 4.07. The lowest BCUT2D eigenvalue weighted by Gasteiger charge is -2.27. The molecule has 2 fully saturated rings. The van der Waals surface area contributed by atoms with Crippen molar-refractivity contribution in [1.29, 1.82) is 0 Å². The van der Waals surface area contributed by atoms with Gasteiger partial charge < -0.3 is 0 Å². The highest BCUT2D eigenvalue weighted by atomic mass is 16.1. The van der Waals surface area contributed by atoms with Gasteiger partial charge in [-0.25, -0.2) is 0 Å². The Morgan fingerprint density at radius 1 is 1.14 bits per heavy atom. The van der Waals surface area contributed by atoms with Gasteiger partial charge in [0.05, 0.1) is 0 Å². The van der Waals surface area contributed by atoms with E-state index in [1.54, 1.807) is 0 Å². The number of carbonyl (C=O) groups is 1. The van der Waals surface area contributed by atoms with Crippen LogP contribution in [0, 0.1) is 17.8 Å². The molecule has 0 bridgehead atoms. The van der Waals surface area contributed by atoms with Crippen molar-refractivity contribution in [1.82, 2.24) is 0 Å². The standard InChI is InChI=1S/C13H22O/c1-2-10-6-8-13(14)12(9-10)7-5-11-3-4-11/h10-12H,2-9H2,1H3. The average Bonchev–Trinajstić information content (AvgIpc) is 3.00. The Labute approximate surface area is 87.3 Å². The lowest BCUT2D eigenvalue weighted by Crippen LogP contribution is -2.24. The summed E-state index contributed by atoms with van der Waals surface area (Å²) in [7, 11) is 0. The van der Waals surface area contributed by atoms with Crippen molar-refractivity contribution in [3.63, 3.8) is 0 Å². The minimum absolute atomic E-state index is 0.439. The molecule has 0 saturated heterocycles. The molecule has 2 aliphatic carbocycles. The van der Waals surface area contributed by atoms with Crippen molar-refractivity contribution in [3.8, 4) is 0 Å². The lowest BCUT2D eigenvalue weighted by molar-refractivity contribution is -0.125. The first-order valence-corrected chi connectivity index (χ1v) is 6.32. The van der Waals surface area contributed by atoms with Gasteiger partial charge in [-0.05, 0) is 37.5 Å². The number of hydrogen-bond donors (Lipinski definition) is 0. The molecule has 0 radical (unpaired) electrons. The minimum atomic E-state index is 0.439. The first kappa shape index (κ1) is 10.2. The Morgan fingerprint density at radius 2 is 1.93 bits per heavy atom. The number of rotatable bonds is 4. The maximum absolute atomic E-state index is 11.7. The van der Waals surface area contributed by atoms with Crippen LogP contribution in [0.15, 0.2) is 0 Å². The summed E-state index contributed by atoms with van der Waals surface area (Å²) in [6.07, 6.45) is 9.88. The minimum Gasteiger partial charge on any atom is -0.299 e. The SMILES string of the molecule is CCC1CCC(=O)C(CCC2CC2)C1.